The van der Waals surface area contributed by atoms with Crippen LogP contribution in [0.2, 0.25) is 0 Å². The van der Waals surface area contributed by atoms with Crippen LogP contribution >= 0.6 is 0 Å². The second-order valence-corrected chi connectivity index (χ2v) is 13.9. The third kappa shape index (κ3) is 4.39. The first-order valence-corrected chi connectivity index (χ1v) is 18.3. The van der Waals surface area contributed by atoms with Gasteiger partial charge in [-0.05, 0) is 84.4 Å². The lowest BCUT2D eigenvalue weighted by Crippen LogP contribution is -2.00. The smallest absolute Gasteiger partial charge is 0.0998 e. The highest BCUT2D eigenvalue weighted by molar-refractivity contribution is 6.14. The second kappa shape index (κ2) is 11.8. The number of benzene rings is 8. The Labute approximate surface area is 316 Å². The molecule has 254 valence electrons. The summed E-state index contributed by atoms with van der Waals surface area (Å²) in [5.41, 5.74) is 12.4. The summed E-state index contributed by atoms with van der Waals surface area (Å²) in [6, 6.07) is 65.9. The van der Waals surface area contributed by atoms with Gasteiger partial charge in [-0.1, -0.05) is 97.1 Å². The van der Waals surface area contributed by atoms with Crippen LogP contribution in [0.25, 0.3) is 93.6 Å². The zero-order valence-corrected chi connectivity index (χ0v) is 29.5. The van der Waals surface area contributed by atoms with Gasteiger partial charge >= 0.3 is 0 Å². The zero-order valence-electron chi connectivity index (χ0n) is 29.5. The predicted molar refractivity (Wildman–Crippen MR) is 224 cm³/mol. The lowest BCUT2D eigenvalue weighted by Gasteiger charge is -2.17. The molecule has 11 rings (SSSR count). The van der Waals surface area contributed by atoms with Gasteiger partial charge in [0.25, 0.3) is 0 Å². The van der Waals surface area contributed by atoms with Crippen molar-refractivity contribution in [3.63, 3.8) is 0 Å². The van der Waals surface area contributed by atoms with Gasteiger partial charge in [-0.25, -0.2) is 0 Å². The van der Waals surface area contributed by atoms with E-state index in [9.17, 15) is 10.5 Å². The first-order valence-electron chi connectivity index (χ1n) is 18.3. The fourth-order valence-corrected chi connectivity index (χ4v) is 8.87. The molecule has 5 heteroatoms. The Morgan fingerprint density at radius 3 is 1.49 bits per heavy atom. The van der Waals surface area contributed by atoms with Crippen LogP contribution in [0.3, 0.4) is 0 Å². The first-order chi connectivity index (χ1) is 27.2. The molecule has 0 aliphatic rings. The fraction of sp³-hybridized carbons (Fsp3) is 0. The van der Waals surface area contributed by atoms with Crippen molar-refractivity contribution in [2.24, 2.45) is 0 Å². The van der Waals surface area contributed by atoms with Crippen LogP contribution in [-0.4, -0.2) is 13.7 Å². The van der Waals surface area contributed by atoms with E-state index in [4.69, 9.17) is 0 Å². The summed E-state index contributed by atoms with van der Waals surface area (Å²) >= 11 is 0. The van der Waals surface area contributed by atoms with Crippen LogP contribution in [0.15, 0.2) is 176 Å². The first kappa shape index (κ1) is 30.7. The van der Waals surface area contributed by atoms with E-state index in [0.717, 1.165) is 66.4 Å². The number of rotatable bonds is 4. The molecule has 0 unspecified atom stereocenters. The number of hydrogen-bond donors (Lipinski definition) is 0. The van der Waals surface area contributed by atoms with Crippen molar-refractivity contribution in [2.45, 2.75) is 0 Å². The van der Waals surface area contributed by atoms with Gasteiger partial charge in [0.2, 0.25) is 0 Å². The Morgan fingerprint density at radius 2 is 0.836 bits per heavy atom. The molecular formula is C50H29N5. The van der Waals surface area contributed by atoms with E-state index in [1.54, 1.807) is 0 Å². The number of aromatic nitrogens is 3. The molecule has 8 aromatic carbocycles. The molecule has 0 atom stereocenters. The number of hydrogen-bond acceptors (Lipinski definition) is 2. The zero-order chi connectivity index (χ0) is 36.6. The molecule has 0 bridgehead atoms. The summed E-state index contributed by atoms with van der Waals surface area (Å²) in [5, 5.41) is 27.4. The Hall–Kier alpha value is -7.86. The van der Waals surface area contributed by atoms with Gasteiger partial charge in [0.05, 0.1) is 62.1 Å². The standard InChI is InChI=1S/C50H29N5/c51-30-33-13-10-24-47(55-45-23-8-4-19-40(45)50-34(31-52)14-11-25-48(50)55)49(33)32-12-9-15-35(28-32)53-44-22-7-3-18-39(44)41-29-36(26-27-46(41)53)54-42-20-5-1-16-37(42)38-17-2-6-21-43(38)54/h1-29H. The lowest BCUT2D eigenvalue weighted by atomic mass is 9.97. The number of para-hydroxylation sites is 4. The number of nitriles is 2. The summed E-state index contributed by atoms with van der Waals surface area (Å²) in [7, 11) is 0. The van der Waals surface area contributed by atoms with Crippen LogP contribution in [0.5, 0.6) is 0 Å². The SMILES string of the molecule is N#Cc1cccc(-n2c3ccccc3c3c(C#N)cccc32)c1-c1cccc(-n2c3ccccc3c3cc(-n4c5ccccc5c5ccccc54)ccc32)c1. The van der Waals surface area contributed by atoms with Gasteiger partial charge in [0.15, 0.2) is 0 Å². The molecule has 3 aromatic heterocycles. The molecule has 0 aliphatic carbocycles. The fourth-order valence-electron chi connectivity index (χ4n) is 8.87. The van der Waals surface area contributed by atoms with Crippen LogP contribution in [0, 0.1) is 22.7 Å². The van der Waals surface area contributed by atoms with Crippen molar-refractivity contribution < 1.29 is 0 Å². The van der Waals surface area contributed by atoms with Crippen molar-refractivity contribution in [1.29, 1.82) is 10.5 Å². The third-order valence-electron chi connectivity index (χ3n) is 11.1. The molecule has 55 heavy (non-hydrogen) atoms. The molecule has 3 heterocycles. The minimum Gasteiger partial charge on any atom is -0.309 e. The summed E-state index contributed by atoms with van der Waals surface area (Å²) in [6.07, 6.45) is 0. The van der Waals surface area contributed by atoms with Crippen molar-refractivity contribution >= 4 is 65.4 Å². The molecule has 0 radical (unpaired) electrons. The normalized spacial score (nSPS) is 11.6. The van der Waals surface area contributed by atoms with Crippen molar-refractivity contribution in [3.8, 4) is 40.3 Å². The average molecular weight is 700 g/mol. The summed E-state index contributed by atoms with van der Waals surface area (Å²) in [6.45, 7) is 0. The van der Waals surface area contributed by atoms with Gasteiger partial charge < -0.3 is 13.7 Å². The molecule has 0 aliphatic heterocycles. The van der Waals surface area contributed by atoms with Gasteiger partial charge in [0.1, 0.15) is 0 Å². The highest BCUT2D eigenvalue weighted by Gasteiger charge is 2.21. The van der Waals surface area contributed by atoms with Crippen molar-refractivity contribution in [2.75, 3.05) is 0 Å². The monoisotopic (exact) mass is 699 g/mol. The van der Waals surface area contributed by atoms with E-state index in [0.29, 0.717) is 11.1 Å². The Morgan fingerprint density at radius 1 is 0.345 bits per heavy atom. The molecular weight excluding hydrogens is 671 g/mol. The van der Waals surface area contributed by atoms with E-state index < -0.39 is 0 Å². The summed E-state index contributed by atoms with van der Waals surface area (Å²) < 4.78 is 6.90. The molecule has 0 spiro atoms. The highest BCUT2D eigenvalue weighted by atomic mass is 15.0. The highest BCUT2D eigenvalue weighted by Crippen LogP contribution is 2.41. The lowest BCUT2D eigenvalue weighted by molar-refractivity contribution is 1.16. The average Bonchev–Trinajstić information content (AvgIpc) is 3.89. The third-order valence-corrected chi connectivity index (χ3v) is 11.1. The predicted octanol–water partition coefficient (Wildman–Crippen LogP) is 12.4. The summed E-state index contributed by atoms with van der Waals surface area (Å²) in [5.74, 6) is 0. The van der Waals surface area contributed by atoms with Crippen LogP contribution in [-0.2, 0) is 0 Å². The minimum atomic E-state index is 0.579. The second-order valence-electron chi connectivity index (χ2n) is 13.9. The maximum atomic E-state index is 10.6. The van der Waals surface area contributed by atoms with Crippen LogP contribution in [0.1, 0.15) is 11.1 Å². The Kier molecular flexibility index (Phi) is 6.61. The molecule has 0 N–H and O–H groups in total. The van der Waals surface area contributed by atoms with E-state index in [2.05, 4.69) is 165 Å². The largest absolute Gasteiger partial charge is 0.309 e. The van der Waals surface area contributed by atoms with E-state index in [1.165, 1.54) is 27.2 Å². The maximum absolute atomic E-state index is 10.6. The van der Waals surface area contributed by atoms with E-state index in [1.807, 2.05) is 36.4 Å². The van der Waals surface area contributed by atoms with Gasteiger partial charge in [-0.15, -0.1) is 0 Å². The molecule has 5 nitrogen and oxygen atoms in total. The topological polar surface area (TPSA) is 62.4 Å². The Bertz CT molecular complexity index is 3420. The van der Waals surface area contributed by atoms with Crippen LogP contribution in [0.4, 0.5) is 0 Å². The molecule has 11 aromatic rings. The van der Waals surface area contributed by atoms with Crippen molar-refractivity contribution in [1.82, 2.24) is 13.7 Å². The summed E-state index contributed by atoms with van der Waals surface area (Å²) in [4.78, 5) is 0. The molecule has 0 fully saturated rings. The van der Waals surface area contributed by atoms with Crippen LogP contribution < -0.4 is 0 Å². The molecule has 0 saturated heterocycles. The van der Waals surface area contributed by atoms with Gasteiger partial charge in [-0.2, -0.15) is 10.5 Å². The van der Waals surface area contributed by atoms with Gasteiger partial charge in [0, 0.05) is 49.3 Å². The number of fused-ring (bicyclic) bond motifs is 9. The Balaban J connectivity index is 1.14. The molecule has 0 saturated carbocycles. The quantitative estimate of drug-likeness (QED) is 0.184. The number of nitrogens with zero attached hydrogens (tertiary/aromatic N) is 5. The van der Waals surface area contributed by atoms with Crippen molar-refractivity contribution in [3.05, 3.63) is 187 Å². The van der Waals surface area contributed by atoms with E-state index in [-0.39, 0.29) is 0 Å². The maximum Gasteiger partial charge on any atom is 0.0998 e. The van der Waals surface area contributed by atoms with Gasteiger partial charge in [-0.3, -0.25) is 0 Å². The molecule has 0 amide bonds. The minimum absolute atomic E-state index is 0.579. The van der Waals surface area contributed by atoms with E-state index >= 15 is 0 Å².